The van der Waals surface area contributed by atoms with Gasteiger partial charge < -0.3 is 9.84 Å². The van der Waals surface area contributed by atoms with Crippen molar-refractivity contribution in [3.05, 3.63) is 108 Å². The molecule has 0 aliphatic rings. The Morgan fingerprint density at radius 2 is 1.24 bits per heavy atom. The second kappa shape index (κ2) is 8.27. The summed E-state index contributed by atoms with van der Waals surface area (Å²) in [5.41, 5.74) is 2.17. The molecule has 0 amide bonds. The van der Waals surface area contributed by atoms with Crippen molar-refractivity contribution in [2.24, 2.45) is 0 Å². The lowest BCUT2D eigenvalue weighted by Gasteiger charge is -2.21. The van der Waals surface area contributed by atoms with Gasteiger partial charge in [-0.25, -0.2) is 4.79 Å². The Balaban J connectivity index is 1.80. The summed E-state index contributed by atoms with van der Waals surface area (Å²) in [6.45, 7) is 0. The maximum Gasteiger partial charge on any atom is 0.338 e. The van der Waals surface area contributed by atoms with Crippen LogP contribution in [0.4, 0.5) is 0 Å². The van der Waals surface area contributed by atoms with Gasteiger partial charge in [0.1, 0.15) is 6.10 Å². The second-order valence-electron chi connectivity index (χ2n) is 5.83. The van der Waals surface area contributed by atoms with Crippen molar-refractivity contribution in [1.82, 2.24) is 0 Å². The van der Waals surface area contributed by atoms with Gasteiger partial charge in [0.15, 0.2) is 0 Å². The molecule has 0 aromatic heterocycles. The second-order valence-corrected chi connectivity index (χ2v) is 5.83. The van der Waals surface area contributed by atoms with Gasteiger partial charge in [0.05, 0.1) is 11.7 Å². The van der Waals surface area contributed by atoms with Crippen molar-refractivity contribution >= 4 is 5.97 Å². The number of benzene rings is 3. The Labute approximate surface area is 147 Å². The lowest BCUT2D eigenvalue weighted by Crippen LogP contribution is -2.15. The van der Waals surface area contributed by atoms with Crippen LogP contribution >= 0.6 is 0 Å². The third kappa shape index (κ3) is 4.55. The maximum atomic E-state index is 12.4. The highest BCUT2D eigenvalue weighted by Gasteiger charge is 2.22. The fourth-order valence-electron chi connectivity index (χ4n) is 2.71. The van der Waals surface area contributed by atoms with Gasteiger partial charge in [0, 0.05) is 6.42 Å². The van der Waals surface area contributed by atoms with Crippen LogP contribution in [-0.2, 0) is 4.74 Å². The zero-order valence-corrected chi connectivity index (χ0v) is 13.8. The molecule has 0 aliphatic heterocycles. The number of carbonyl (C=O) groups excluding carboxylic acids is 1. The van der Waals surface area contributed by atoms with Crippen LogP contribution in [0.1, 0.15) is 40.1 Å². The molecular weight excluding hydrogens is 312 g/mol. The minimum Gasteiger partial charge on any atom is -0.454 e. The first-order valence-corrected chi connectivity index (χ1v) is 8.28. The first kappa shape index (κ1) is 16.9. The van der Waals surface area contributed by atoms with Crippen LogP contribution < -0.4 is 0 Å². The third-order valence-electron chi connectivity index (χ3n) is 4.05. The predicted molar refractivity (Wildman–Crippen MR) is 97.1 cm³/mol. The molecule has 0 saturated carbocycles. The molecule has 3 aromatic carbocycles. The van der Waals surface area contributed by atoms with E-state index in [4.69, 9.17) is 4.74 Å². The van der Waals surface area contributed by atoms with E-state index in [0.717, 1.165) is 11.1 Å². The molecule has 0 spiro atoms. The standard InChI is InChI=1S/C22H20O3/c23-20(17-10-4-1-5-11-17)16-21(18-12-6-2-7-13-18)25-22(24)19-14-8-3-9-15-19/h1-15,20-21,23H,16H2/t20-,21-/m0/s1. The number of ether oxygens (including phenoxy) is 1. The number of carbonyl (C=O) groups is 1. The first-order chi connectivity index (χ1) is 12.2. The van der Waals surface area contributed by atoms with E-state index in [0.29, 0.717) is 12.0 Å². The molecule has 0 bridgehead atoms. The molecule has 0 unspecified atom stereocenters. The van der Waals surface area contributed by atoms with Crippen molar-refractivity contribution in [1.29, 1.82) is 0 Å². The number of hydrogen-bond donors (Lipinski definition) is 1. The third-order valence-corrected chi connectivity index (χ3v) is 4.05. The maximum absolute atomic E-state index is 12.4. The van der Waals surface area contributed by atoms with E-state index in [1.165, 1.54) is 0 Å². The molecule has 0 fully saturated rings. The molecule has 0 heterocycles. The summed E-state index contributed by atoms with van der Waals surface area (Å²) >= 11 is 0. The van der Waals surface area contributed by atoms with E-state index in [-0.39, 0.29) is 0 Å². The Morgan fingerprint density at radius 3 is 1.80 bits per heavy atom. The van der Waals surface area contributed by atoms with Crippen LogP contribution in [0.2, 0.25) is 0 Å². The van der Waals surface area contributed by atoms with Crippen LogP contribution in [-0.4, -0.2) is 11.1 Å². The topological polar surface area (TPSA) is 46.5 Å². The number of rotatable bonds is 6. The normalized spacial score (nSPS) is 13.0. The van der Waals surface area contributed by atoms with Gasteiger partial charge in [-0.15, -0.1) is 0 Å². The molecule has 126 valence electrons. The Morgan fingerprint density at radius 1 is 0.760 bits per heavy atom. The largest absolute Gasteiger partial charge is 0.454 e. The molecule has 3 heteroatoms. The van der Waals surface area contributed by atoms with Gasteiger partial charge >= 0.3 is 5.97 Å². The van der Waals surface area contributed by atoms with Crippen molar-refractivity contribution in [3.63, 3.8) is 0 Å². The van der Waals surface area contributed by atoms with E-state index in [2.05, 4.69) is 0 Å². The highest BCUT2D eigenvalue weighted by molar-refractivity contribution is 5.89. The van der Waals surface area contributed by atoms with Crippen molar-refractivity contribution in [2.45, 2.75) is 18.6 Å². The van der Waals surface area contributed by atoms with Gasteiger partial charge in [-0.3, -0.25) is 0 Å². The lowest BCUT2D eigenvalue weighted by molar-refractivity contribution is 0.0136. The summed E-state index contributed by atoms with van der Waals surface area (Å²) < 4.78 is 5.72. The molecule has 25 heavy (non-hydrogen) atoms. The van der Waals surface area contributed by atoms with Crippen molar-refractivity contribution < 1.29 is 14.6 Å². The SMILES string of the molecule is O=C(O[C@@H](C[C@H](O)c1ccccc1)c1ccccc1)c1ccccc1. The highest BCUT2D eigenvalue weighted by atomic mass is 16.5. The average Bonchev–Trinajstić information content (AvgIpc) is 2.69. The van der Waals surface area contributed by atoms with Crippen LogP contribution in [0.5, 0.6) is 0 Å². The number of aliphatic hydroxyl groups is 1. The molecule has 3 nitrogen and oxygen atoms in total. The van der Waals surface area contributed by atoms with E-state index >= 15 is 0 Å². The summed E-state index contributed by atoms with van der Waals surface area (Å²) in [6.07, 6.45) is -0.939. The Kier molecular flexibility index (Phi) is 5.60. The zero-order valence-electron chi connectivity index (χ0n) is 13.8. The monoisotopic (exact) mass is 332 g/mol. The van der Waals surface area contributed by atoms with Gasteiger partial charge in [0.25, 0.3) is 0 Å². The van der Waals surface area contributed by atoms with Crippen LogP contribution in [0.3, 0.4) is 0 Å². The van der Waals surface area contributed by atoms with Gasteiger partial charge in [-0.05, 0) is 23.3 Å². The van der Waals surface area contributed by atoms with Crippen molar-refractivity contribution in [2.75, 3.05) is 0 Å². The minimum atomic E-state index is -0.713. The van der Waals surface area contributed by atoms with Crippen LogP contribution in [0.15, 0.2) is 91.0 Å². The average molecular weight is 332 g/mol. The summed E-state index contributed by atoms with van der Waals surface area (Å²) in [5.74, 6) is -0.394. The van der Waals surface area contributed by atoms with E-state index in [1.807, 2.05) is 66.7 Å². The van der Waals surface area contributed by atoms with E-state index in [1.54, 1.807) is 24.3 Å². The molecule has 3 rings (SSSR count). The number of esters is 1. The first-order valence-electron chi connectivity index (χ1n) is 8.28. The molecule has 3 aromatic rings. The van der Waals surface area contributed by atoms with Gasteiger partial charge in [-0.1, -0.05) is 78.9 Å². The predicted octanol–water partition coefficient (Wildman–Crippen LogP) is 4.71. The minimum absolute atomic E-state index is 0.298. The molecule has 0 saturated heterocycles. The summed E-state index contributed by atoms with van der Waals surface area (Å²) in [5, 5.41) is 10.5. The molecule has 0 aliphatic carbocycles. The van der Waals surface area contributed by atoms with Crippen LogP contribution in [0.25, 0.3) is 0 Å². The van der Waals surface area contributed by atoms with E-state index in [9.17, 15) is 9.90 Å². The van der Waals surface area contributed by atoms with Gasteiger partial charge in [-0.2, -0.15) is 0 Å². The summed E-state index contributed by atoms with van der Waals surface area (Å²) in [4.78, 5) is 12.4. The fraction of sp³-hybridized carbons (Fsp3) is 0.136. The number of aliphatic hydroxyl groups excluding tert-OH is 1. The summed E-state index contributed by atoms with van der Waals surface area (Å²) in [7, 11) is 0. The quantitative estimate of drug-likeness (QED) is 0.665. The smallest absolute Gasteiger partial charge is 0.338 e. The lowest BCUT2D eigenvalue weighted by atomic mass is 9.98. The van der Waals surface area contributed by atoms with Crippen molar-refractivity contribution in [3.8, 4) is 0 Å². The summed E-state index contributed by atoms with van der Waals surface area (Å²) in [6, 6.07) is 27.8. The zero-order chi connectivity index (χ0) is 17.5. The number of hydrogen-bond acceptors (Lipinski definition) is 3. The van der Waals surface area contributed by atoms with Gasteiger partial charge in [0.2, 0.25) is 0 Å². The van der Waals surface area contributed by atoms with E-state index < -0.39 is 18.2 Å². The Bertz CT molecular complexity index is 785. The van der Waals surface area contributed by atoms with Crippen LogP contribution in [0, 0.1) is 0 Å². The molecular formula is C22H20O3. The molecule has 1 N–H and O–H groups in total. The Hall–Kier alpha value is -2.91. The fourth-order valence-corrected chi connectivity index (χ4v) is 2.71. The molecule has 2 atom stereocenters. The molecule has 0 radical (unpaired) electrons. The highest BCUT2D eigenvalue weighted by Crippen LogP contribution is 2.30.